The lowest BCUT2D eigenvalue weighted by Gasteiger charge is -2.24. The lowest BCUT2D eigenvalue weighted by atomic mass is 10.2. The third-order valence-corrected chi connectivity index (χ3v) is 4.66. The first-order valence-corrected chi connectivity index (χ1v) is 8.48. The second-order valence-electron chi connectivity index (χ2n) is 5.27. The fraction of sp³-hybridized carbons (Fsp3) is 0.118. The molecule has 1 atom stereocenters. The van der Waals surface area contributed by atoms with E-state index in [2.05, 4.69) is 4.98 Å². The molecule has 134 valence electrons. The molecule has 3 rings (SSSR count). The molecule has 1 aromatic carbocycles. The number of halogens is 3. The molecule has 0 bridgehead atoms. The highest BCUT2D eigenvalue weighted by Gasteiger charge is 2.33. The fourth-order valence-electron chi connectivity index (χ4n) is 2.35. The standard InChI is InChI=1S/C17H11Cl3N2O4/c18-12-14(17(25)26-8-9-4-2-1-3-5-9)21-16(20)13(19)15(12)22-10(23)6-7-11(22)24/h1-7,10,23H,8H2. The van der Waals surface area contributed by atoms with Crippen LogP contribution in [0.1, 0.15) is 16.1 Å². The molecule has 1 aliphatic heterocycles. The van der Waals surface area contributed by atoms with Crippen molar-refractivity contribution in [3.8, 4) is 0 Å². The van der Waals surface area contributed by atoms with E-state index in [1.165, 1.54) is 6.08 Å². The molecular formula is C17H11Cl3N2O4. The maximum absolute atomic E-state index is 12.4. The fourth-order valence-corrected chi connectivity index (χ4v) is 3.10. The van der Waals surface area contributed by atoms with Crippen molar-refractivity contribution in [2.75, 3.05) is 4.90 Å². The minimum absolute atomic E-state index is 0.0000857. The molecule has 1 N–H and O–H groups in total. The molecule has 1 amide bonds. The highest BCUT2D eigenvalue weighted by molar-refractivity contribution is 6.47. The topological polar surface area (TPSA) is 79.7 Å². The number of hydrogen-bond acceptors (Lipinski definition) is 5. The van der Waals surface area contributed by atoms with Gasteiger partial charge in [-0.25, -0.2) is 9.78 Å². The maximum atomic E-state index is 12.4. The molecule has 1 aliphatic rings. The van der Waals surface area contributed by atoms with Crippen LogP contribution < -0.4 is 4.90 Å². The van der Waals surface area contributed by atoms with Crippen molar-refractivity contribution in [2.45, 2.75) is 12.8 Å². The molecule has 2 aromatic rings. The van der Waals surface area contributed by atoms with Crippen molar-refractivity contribution < 1.29 is 19.4 Å². The maximum Gasteiger partial charge on any atom is 0.358 e. The Bertz CT molecular complexity index is 903. The van der Waals surface area contributed by atoms with Crippen molar-refractivity contribution in [1.82, 2.24) is 4.98 Å². The summed E-state index contributed by atoms with van der Waals surface area (Å²) >= 11 is 18.3. The Morgan fingerprint density at radius 2 is 1.88 bits per heavy atom. The van der Waals surface area contributed by atoms with Gasteiger partial charge in [0.1, 0.15) is 11.6 Å². The summed E-state index contributed by atoms with van der Waals surface area (Å²) in [6, 6.07) is 9.01. The van der Waals surface area contributed by atoms with Crippen molar-refractivity contribution in [1.29, 1.82) is 0 Å². The van der Waals surface area contributed by atoms with Gasteiger partial charge < -0.3 is 9.84 Å². The van der Waals surface area contributed by atoms with E-state index in [-0.39, 0.29) is 33.2 Å². The third-order valence-electron chi connectivity index (χ3n) is 3.57. The van der Waals surface area contributed by atoms with Gasteiger partial charge in [0.15, 0.2) is 17.1 Å². The molecule has 0 aliphatic carbocycles. The Morgan fingerprint density at radius 3 is 2.50 bits per heavy atom. The Hall–Kier alpha value is -2.12. The van der Waals surface area contributed by atoms with Crippen LogP contribution >= 0.6 is 34.8 Å². The predicted octanol–water partition coefficient (Wildman–Crippen LogP) is 3.62. The first kappa shape index (κ1) is 18.7. The van der Waals surface area contributed by atoms with Crippen LogP contribution in [0.15, 0.2) is 42.5 Å². The summed E-state index contributed by atoms with van der Waals surface area (Å²) in [5, 5.41) is 9.31. The second-order valence-corrected chi connectivity index (χ2v) is 6.38. The number of pyridine rings is 1. The first-order valence-electron chi connectivity index (χ1n) is 7.35. The highest BCUT2D eigenvalue weighted by Crippen LogP contribution is 2.41. The number of rotatable bonds is 4. The van der Waals surface area contributed by atoms with E-state index in [1.54, 1.807) is 24.3 Å². The van der Waals surface area contributed by atoms with Gasteiger partial charge in [0.25, 0.3) is 5.91 Å². The largest absolute Gasteiger partial charge is 0.456 e. The van der Waals surface area contributed by atoms with Crippen molar-refractivity contribution in [3.05, 3.63) is 68.9 Å². The highest BCUT2D eigenvalue weighted by atomic mass is 35.5. The van der Waals surface area contributed by atoms with Gasteiger partial charge in [-0.05, 0) is 11.6 Å². The number of amides is 1. The zero-order valence-electron chi connectivity index (χ0n) is 13.0. The van der Waals surface area contributed by atoms with E-state index in [9.17, 15) is 14.7 Å². The summed E-state index contributed by atoms with van der Waals surface area (Å²) < 4.78 is 5.19. The van der Waals surface area contributed by atoms with E-state index in [1.807, 2.05) is 6.07 Å². The molecule has 2 heterocycles. The Labute approximate surface area is 163 Å². The quantitative estimate of drug-likeness (QED) is 0.612. The second kappa shape index (κ2) is 7.63. The van der Waals surface area contributed by atoms with Crippen LogP contribution in [0.4, 0.5) is 5.69 Å². The number of aromatic nitrogens is 1. The van der Waals surface area contributed by atoms with Crippen LogP contribution in [-0.4, -0.2) is 28.2 Å². The number of aliphatic hydroxyl groups excluding tert-OH is 1. The molecular weight excluding hydrogens is 403 g/mol. The molecule has 0 saturated heterocycles. The molecule has 9 heteroatoms. The van der Waals surface area contributed by atoms with Crippen LogP contribution in [-0.2, 0) is 16.1 Å². The minimum atomic E-state index is -1.29. The van der Waals surface area contributed by atoms with Gasteiger partial charge in [0.05, 0.1) is 10.7 Å². The van der Waals surface area contributed by atoms with Crippen molar-refractivity contribution >= 4 is 52.4 Å². The Morgan fingerprint density at radius 1 is 1.19 bits per heavy atom. The van der Waals surface area contributed by atoms with Crippen LogP contribution in [0.2, 0.25) is 15.2 Å². The molecule has 0 saturated carbocycles. The molecule has 0 radical (unpaired) electrons. The van der Waals surface area contributed by atoms with E-state index in [0.29, 0.717) is 0 Å². The summed E-state index contributed by atoms with van der Waals surface area (Å²) in [6.45, 7) is 0.0000857. The van der Waals surface area contributed by atoms with Gasteiger partial charge in [-0.1, -0.05) is 65.1 Å². The van der Waals surface area contributed by atoms with Gasteiger partial charge in [-0.15, -0.1) is 0 Å². The Balaban J connectivity index is 1.93. The SMILES string of the molecule is O=C(OCc1ccccc1)c1nc(Cl)c(Cl)c(N2C(=O)C=CC2O)c1Cl. The Kier molecular flexibility index (Phi) is 5.48. The van der Waals surface area contributed by atoms with Crippen molar-refractivity contribution in [3.63, 3.8) is 0 Å². The average Bonchev–Trinajstić information content (AvgIpc) is 2.96. The monoisotopic (exact) mass is 412 g/mol. The number of hydrogen-bond donors (Lipinski definition) is 1. The van der Waals surface area contributed by atoms with Crippen LogP contribution in [0.5, 0.6) is 0 Å². The first-order chi connectivity index (χ1) is 12.4. The zero-order valence-corrected chi connectivity index (χ0v) is 15.3. The van der Waals surface area contributed by atoms with Gasteiger partial charge in [-0.2, -0.15) is 0 Å². The molecule has 6 nitrogen and oxygen atoms in total. The number of carbonyl (C=O) groups excluding carboxylic acids is 2. The van der Waals surface area contributed by atoms with Crippen LogP contribution in [0.3, 0.4) is 0 Å². The number of anilines is 1. The minimum Gasteiger partial charge on any atom is -0.456 e. The third kappa shape index (κ3) is 3.54. The van der Waals surface area contributed by atoms with Gasteiger partial charge >= 0.3 is 5.97 Å². The lowest BCUT2D eigenvalue weighted by molar-refractivity contribution is -0.114. The van der Waals surface area contributed by atoms with Gasteiger partial charge in [-0.3, -0.25) is 9.69 Å². The summed E-state index contributed by atoms with van der Waals surface area (Å²) in [6.07, 6.45) is 1.11. The summed E-state index contributed by atoms with van der Waals surface area (Å²) in [5.41, 5.74) is 0.355. The molecule has 1 unspecified atom stereocenters. The molecule has 0 spiro atoms. The lowest BCUT2D eigenvalue weighted by Crippen LogP contribution is -2.34. The van der Waals surface area contributed by atoms with Gasteiger partial charge in [0.2, 0.25) is 0 Å². The normalized spacial score (nSPS) is 16.2. The number of carbonyl (C=O) groups is 2. The predicted molar refractivity (Wildman–Crippen MR) is 97.5 cm³/mol. The smallest absolute Gasteiger partial charge is 0.358 e. The van der Waals surface area contributed by atoms with Gasteiger partial charge in [0, 0.05) is 6.08 Å². The van der Waals surface area contributed by atoms with Crippen molar-refractivity contribution in [2.24, 2.45) is 0 Å². The number of benzene rings is 1. The van der Waals surface area contributed by atoms with Crippen LogP contribution in [0.25, 0.3) is 0 Å². The number of ether oxygens (including phenoxy) is 1. The summed E-state index contributed by atoms with van der Waals surface area (Å²) in [4.78, 5) is 29.1. The van der Waals surface area contributed by atoms with E-state index in [0.717, 1.165) is 16.5 Å². The molecule has 0 fully saturated rings. The molecule has 26 heavy (non-hydrogen) atoms. The number of esters is 1. The molecule has 1 aromatic heterocycles. The van der Waals surface area contributed by atoms with Crippen LogP contribution in [0, 0.1) is 0 Å². The summed E-state index contributed by atoms with van der Waals surface area (Å²) in [7, 11) is 0. The van der Waals surface area contributed by atoms with E-state index >= 15 is 0 Å². The average molecular weight is 414 g/mol. The summed E-state index contributed by atoms with van der Waals surface area (Å²) in [5.74, 6) is -1.40. The number of aliphatic hydroxyl groups is 1. The number of nitrogens with zero attached hydrogens (tertiary/aromatic N) is 2. The van der Waals surface area contributed by atoms with E-state index in [4.69, 9.17) is 39.5 Å². The van der Waals surface area contributed by atoms with E-state index < -0.39 is 18.1 Å². The zero-order chi connectivity index (χ0) is 18.8.